The molecule has 51 heavy (non-hydrogen) atoms. The van der Waals surface area contributed by atoms with Crippen LogP contribution < -0.4 is 0 Å². The molecule has 0 unspecified atom stereocenters. The van der Waals surface area contributed by atoms with E-state index in [9.17, 15) is 10.2 Å². The zero-order chi connectivity index (χ0) is 35.4. The zero-order valence-corrected chi connectivity index (χ0v) is 31.1. The second-order valence-corrected chi connectivity index (χ2v) is 15.0. The summed E-state index contributed by atoms with van der Waals surface area (Å²) in [5.41, 5.74) is 9.04. The minimum atomic E-state index is -0.556. The molecule has 1 fully saturated rings. The predicted octanol–water partition coefficient (Wildman–Crippen LogP) is 12.0. The monoisotopic (exact) mass is 744 g/mol. The average Bonchev–Trinajstić information content (AvgIpc) is 3.19. The van der Waals surface area contributed by atoms with Crippen molar-refractivity contribution in [3.05, 3.63) is 157 Å². The Labute approximate surface area is 316 Å². The second kappa shape index (κ2) is 18.2. The summed E-state index contributed by atoms with van der Waals surface area (Å²) in [7, 11) is 9.78. The standard InChI is InChI=1S/C44H38N2O2.2ClH.Ti/c47-43-37(25-35(31-15-5-1-6-16-31)27-39(43)33-19-9-3-10-20-33)29-45-41-23-13-14-24-42(41)46-30-38-26-36(32-17-7-2-8-18-32)28-40(44(38)48)34-21-11-4-12-22-34;;;/h1-12,15-22,25-30,41-42,47-48H,13-14,23-24H2;2*1H;/q;;;+2/p-2/t41-,42-;;;/m1.../s1. The summed E-state index contributed by atoms with van der Waals surface area (Å²) in [5.74, 6) is 0.438. The molecule has 1 aliphatic carbocycles. The van der Waals surface area contributed by atoms with E-state index in [1.807, 2.05) is 134 Å². The number of hydrogen-bond acceptors (Lipinski definition) is 4. The van der Waals surface area contributed by atoms with Crippen LogP contribution in [0.1, 0.15) is 36.8 Å². The molecule has 0 aromatic heterocycles. The van der Waals surface area contributed by atoms with Crippen LogP contribution in [-0.4, -0.2) is 34.7 Å². The molecule has 0 amide bonds. The molecule has 0 saturated heterocycles. The van der Waals surface area contributed by atoms with Crippen LogP contribution in [-0.2, 0) is 17.0 Å². The van der Waals surface area contributed by atoms with Gasteiger partial charge in [0.2, 0.25) is 0 Å². The van der Waals surface area contributed by atoms with Crippen LogP contribution in [0.15, 0.2) is 156 Å². The molecule has 2 atom stereocenters. The average molecular weight is 746 g/mol. The van der Waals surface area contributed by atoms with Crippen LogP contribution in [0.5, 0.6) is 11.5 Å². The van der Waals surface area contributed by atoms with Gasteiger partial charge in [-0.15, -0.1) is 0 Å². The molecule has 0 radical (unpaired) electrons. The second-order valence-electron chi connectivity index (χ2n) is 12.4. The van der Waals surface area contributed by atoms with Crippen molar-refractivity contribution in [1.82, 2.24) is 0 Å². The molecular weight excluding hydrogens is 707 g/mol. The molecule has 6 aromatic carbocycles. The summed E-state index contributed by atoms with van der Waals surface area (Å²) >= 11 is -0.556. The molecule has 254 valence electrons. The van der Waals surface area contributed by atoms with Gasteiger partial charge in [0.05, 0.1) is 12.1 Å². The van der Waals surface area contributed by atoms with Crippen molar-refractivity contribution in [1.29, 1.82) is 0 Å². The van der Waals surface area contributed by atoms with Crippen LogP contribution in [0.4, 0.5) is 0 Å². The summed E-state index contributed by atoms with van der Waals surface area (Å²) in [5, 5.41) is 23.0. The van der Waals surface area contributed by atoms with Gasteiger partial charge in [0, 0.05) is 34.7 Å². The summed E-state index contributed by atoms with van der Waals surface area (Å²) < 4.78 is 0. The Kier molecular flexibility index (Phi) is 12.9. The normalized spacial score (nSPS) is 15.7. The van der Waals surface area contributed by atoms with E-state index < -0.39 is 17.0 Å². The van der Waals surface area contributed by atoms with Gasteiger partial charge in [-0.1, -0.05) is 134 Å². The van der Waals surface area contributed by atoms with Crippen LogP contribution in [0.25, 0.3) is 44.5 Å². The summed E-state index contributed by atoms with van der Waals surface area (Å²) in [6.07, 6.45) is 7.63. The minimum absolute atomic E-state index is 0.0389. The third-order valence-electron chi connectivity index (χ3n) is 9.17. The first-order valence-corrected chi connectivity index (χ1v) is 21.3. The van der Waals surface area contributed by atoms with Crippen molar-refractivity contribution in [2.75, 3.05) is 0 Å². The topological polar surface area (TPSA) is 65.2 Å². The van der Waals surface area contributed by atoms with Crippen LogP contribution in [0, 0.1) is 0 Å². The van der Waals surface area contributed by atoms with Crippen molar-refractivity contribution < 1.29 is 27.2 Å². The van der Waals surface area contributed by atoms with Crippen LogP contribution >= 0.6 is 18.6 Å². The van der Waals surface area contributed by atoms with Crippen molar-refractivity contribution in [3.8, 4) is 56.0 Å². The molecule has 0 heterocycles. The number of hydrogen-bond donors (Lipinski definition) is 2. The van der Waals surface area contributed by atoms with Gasteiger partial charge < -0.3 is 10.2 Å². The zero-order valence-electron chi connectivity index (χ0n) is 28.0. The Balaban J connectivity index is 0.00000144. The fourth-order valence-corrected chi connectivity index (χ4v) is 6.57. The van der Waals surface area contributed by atoms with E-state index in [1.165, 1.54) is 0 Å². The Morgan fingerprint density at radius 2 is 0.784 bits per heavy atom. The van der Waals surface area contributed by atoms with Gasteiger partial charge in [-0.3, -0.25) is 9.98 Å². The number of nitrogens with zero attached hydrogens (tertiary/aromatic N) is 2. The summed E-state index contributed by atoms with van der Waals surface area (Å²) in [6, 6.07) is 48.5. The van der Waals surface area contributed by atoms with E-state index in [1.54, 1.807) is 0 Å². The van der Waals surface area contributed by atoms with E-state index >= 15 is 0 Å². The Morgan fingerprint density at radius 3 is 1.12 bits per heavy atom. The molecule has 7 heteroatoms. The molecule has 0 spiro atoms. The third-order valence-corrected chi connectivity index (χ3v) is 9.17. The van der Waals surface area contributed by atoms with E-state index in [-0.39, 0.29) is 23.6 Å². The Morgan fingerprint density at radius 1 is 0.471 bits per heavy atom. The number of benzene rings is 6. The molecule has 4 nitrogen and oxygen atoms in total. The first-order chi connectivity index (χ1) is 25.1. The Bertz CT molecular complexity index is 1930. The van der Waals surface area contributed by atoms with Gasteiger partial charge in [-0.25, -0.2) is 0 Å². The van der Waals surface area contributed by atoms with Crippen molar-refractivity contribution in [3.63, 3.8) is 0 Å². The molecule has 1 saturated carbocycles. The third kappa shape index (κ3) is 9.27. The summed E-state index contributed by atoms with van der Waals surface area (Å²) in [6.45, 7) is 0. The maximum absolute atomic E-state index is 11.5. The van der Waals surface area contributed by atoms with E-state index in [2.05, 4.69) is 24.3 Å². The van der Waals surface area contributed by atoms with E-state index in [0.717, 1.165) is 70.2 Å². The Hall–Kier alpha value is -4.45. The van der Waals surface area contributed by atoms with Gasteiger partial charge in [0.15, 0.2) is 0 Å². The molecule has 6 aromatic rings. The van der Waals surface area contributed by atoms with E-state index in [0.29, 0.717) is 11.1 Å². The summed E-state index contributed by atoms with van der Waals surface area (Å²) in [4.78, 5) is 10.1. The fourth-order valence-electron chi connectivity index (χ4n) is 6.57. The van der Waals surface area contributed by atoms with Gasteiger partial charge in [-0.2, -0.15) is 0 Å². The van der Waals surface area contributed by atoms with Crippen molar-refractivity contribution in [2.45, 2.75) is 37.8 Å². The molecule has 0 bridgehead atoms. The van der Waals surface area contributed by atoms with Crippen molar-refractivity contribution in [2.24, 2.45) is 9.98 Å². The van der Waals surface area contributed by atoms with Crippen LogP contribution in [0.3, 0.4) is 0 Å². The SMILES string of the molecule is Oc1c(C=N[C@@H]2CCCC[C@H]2N=Cc2cc(-c3ccccc3)cc(-c3ccccc3)c2O)cc(-c2ccccc2)cc1-c1ccccc1.[Cl][Ti][Cl]. The molecular formula is C44H38Cl2N2O2Ti. The maximum atomic E-state index is 11.5. The molecule has 0 aliphatic heterocycles. The first kappa shape index (κ1) is 36.3. The number of phenolic OH excluding ortho intramolecular Hbond substituents is 2. The fraction of sp³-hybridized carbons (Fsp3) is 0.136. The molecule has 2 N–H and O–H groups in total. The number of rotatable bonds is 8. The van der Waals surface area contributed by atoms with Gasteiger partial charge in [0.25, 0.3) is 0 Å². The molecule has 7 rings (SSSR count). The number of aliphatic imine (C=N–C) groups is 2. The van der Waals surface area contributed by atoms with Gasteiger partial charge >= 0.3 is 35.6 Å². The van der Waals surface area contributed by atoms with E-state index in [4.69, 9.17) is 28.6 Å². The molecule has 1 aliphatic rings. The predicted molar refractivity (Wildman–Crippen MR) is 211 cm³/mol. The number of phenols is 2. The van der Waals surface area contributed by atoms with Gasteiger partial charge in [0.1, 0.15) is 11.5 Å². The van der Waals surface area contributed by atoms with Gasteiger partial charge in [-0.05, 0) is 70.5 Å². The quantitative estimate of drug-likeness (QED) is 0.120. The number of halogens is 2. The first-order valence-electron chi connectivity index (χ1n) is 17.0. The number of aromatic hydroxyl groups is 2. The van der Waals surface area contributed by atoms with Crippen molar-refractivity contribution >= 4 is 31.0 Å². The van der Waals surface area contributed by atoms with Crippen LogP contribution in [0.2, 0.25) is 0 Å².